The zero-order valence-electron chi connectivity index (χ0n) is 24.6. The average Bonchev–Trinajstić information content (AvgIpc) is 3.85. The third-order valence-electron chi connectivity index (χ3n) is 9.53. The van der Waals surface area contributed by atoms with Crippen molar-refractivity contribution >= 4 is 40.0 Å². The van der Waals surface area contributed by atoms with Gasteiger partial charge in [-0.15, -0.1) is 0 Å². The second-order valence-corrected chi connectivity index (χ2v) is 12.5. The van der Waals surface area contributed by atoms with Crippen molar-refractivity contribution in [3.8, 4) is 12.1 Å². The van der Waals surface area contributed by atoms with Crippen molar-refractivity contribution in [2.45, 2.75) is 43.8 Å². The van der Waals surface area contributed by atoms with Crippen LogP contribution in [0.5, 0.6) is 6.01 Å². The number of aromatic nitrogens is 2. The molecule has 1 aromatic heterocycles. The van der Waals surface area contributed by atoms with Crippen molar-refractivity contribution in [1.82, 2.24) is 19.8 Å². The van der Waals surface area contributed by atoms with E-state index in [0.717, 1.165) is 79.2 Å². The Morgan fingerprint density at radius 1 is 1.09 bits per heavy atom. The quantitative estimate of drug-likeness (QED) is 0.414. The Bertz CT molecular complexity index is 1600. The van der Waals surface area contributed by atoms with Crippen LogP contribution in [0.2, 0.25) is 5.02 Å². The summed E-state index contributed by atoms with van der Waals surface area (Å²) < 4.78 is 12.0. The molecule has 1 amide bonds. The van der Waals surface area contributed by atoms with Gasteiger partial charge in [-0.25, -0.2) is 4.79 Å². The minimum absolute atomic E-state index is 0.0000508. The standard InChI is InChI=1S/C32H36ClN7O4/c33-25-5-1-3-22-4-2-6-27(28(22)25)37-12-8-24-26(20-37)35-30(44-21-32(9-10-32)39-15-17-43-18-16-39)36-29(24)38-13-14-40(31(41)42)23(19-38)7-11-34/h1-6,23H,7-10,12-21H2,(H,41,42)/t23-/m0/s1. The molecule has 4 aliphatic rings. The molecule has 7 rings (SSSR count). The van der Waals surface area contributed by atoms with E-state index in [0.29, 0.717) is 50.2 Å². The predicted molar refractivity (Wildman–Crippen MR) is 167 cm³/mol. The van der Waals surface area contributed by atoms with E-state index in [1.165, 1.54) is 4.90 Å². The van der Waals surface area contributed by atoms with Crippen molar-refractivity contribution in [3.05, 3.63) is 52.7 Å². The van der Waals surface area contributed by atoms with Crippen LogP contribution in [-0.2, 0) is 17.7 Å². The molecule has 3 fully saturated rings. The number of nitrogens with zero attached hydrogens (tertiary/aromatic N) is 7. The van der Waals surface area contributed by atoms with E-state index in [-0.39, 0.29) is 12.0 Å². The number of rotatable bonds is 7. The summed E-state index contributed by atoms with van der Waals surface area (Å²) in [4.78, 5) is 30.1. The van der Waals surface area contributed by atoms with Crippen LogP contribution in [0, 0.1) is 11.3 Å². The molecule has 11 nitrogen and oxygen atoms in total. The molecule has 12 heteroatoms. The highest BCUT2D eigenvalue weighted by atomic mass is 35.5. The number of piperazine rings is 1. The zero-order chi connectivity index (χ0) is 30.3. The van der Waals surface area contributed by atoms with Crippen molar-refractivity contribution in [2.75, 3.05) is 68.9 Å². The summed E-state index contributed by atoms with van der Waals surface area (Å²) in [5.41, 5.74) is 3.01. The normalized spacial score (nSPS) is 21.5. The second kappa shape index (κ2) is 11.9. The number of carboxylic acid groups (broad SMARTS) is 1. The molecular formula is C32H36ClN7O4. The highest BCUT2D eigenvalue weighted by Gasteiger charge is 2.49. The van der Waals surface area contributed by atoms with Gasteiger partial charge in [-0.1, -0.05) is 35.9 Å². The number of hydrogen-bond acceptors (Lipinski definition) is 9. The molecule has 44 heavy (non-hydrogen) atoms. The summed E-state index contributed by atoms with van der Waals surface area (Å²) in [6.45, 7) is 6.28. The number of halogens is 1. The summed E-state index contributed by atoms with van der Waals surface area (Å²) in [7, 11) is 0. The van der Waals surface area contributed by atoms with Gasteiger partial charge >= 0.3 is 12.1 Å². The monoisotopic (exact) mass is 617 g/mol. The van der Waals surface area contributed by atoms with Crippen molar-refractivity contribution in [1.29, 1.82) is 5.26 Å². The molecule has 0 bridgehead atoms. The number of amides is 1. The first-order chi connectivity index (χ1) is 21.5. The fourth-order valence-electron chi connectivity index (χ4n) is 6.97. The molecule has 3 aromatic rings. The van der Waals surface area contributed by atoms with Gasteiger partial charge in [0.25, 0.3) is 0 Å². The van der Waals surface area contributed by atoms with Gasteiger partial charge in [-0.05, 0) is 36.8 Å². The summed E-state index contributed by atoms with van der Waals surface area (Å²) in [6, 6.07) is 14.3. The molecule has 1 saturated carbocycles. The molecule has 1 N–H and O–H groups in total. The Labute approximate surface area is 261 Å². The average molecular weight is 618 g/mol. The molecule has 1 aliphatic carbocycles. The predicted octanol–water partition coefficient (Wildman–Crippen LogP) is 4.17. The summed E-state index contributed by atoms with van der Waals surface area (Å²) >= 11 is 6.70. The van der Waals surface area contributed by atoms with Crippen LogP contribution < -0.4 is 14.5 Å². The molecule has 230 valence electrons. The molecular weight excluding hydrogens is 582 g/mol. The Morgan fingerprint density at radius 3 is 2.64 bits per heavy atom. The van der Waals surface area contributed by atoms with Crippen molar-refractivity contribution in [2.24, 2.45) is 0 Å². The smallest absolute Gasteiger partial charge is 0.407 e. The number of nitriles is 1. The second-order valence-electron chi connectivity index (χ2n) is 12.1. The van der Waals surface area contributed by atoms with Gasteiger partial charge in [-0.3, -0.25) is 4.90 Å². The van der Waals surface area contributed by atoms with Gasteiger partial charge in [0.15, 0.2) is 0 Å². The van der Waals surface area contributed by atoms with Crippen molar-refractivity contribution in [3.63, 3.8) is 0 Å². The van der Waals surface area contributed by atoms with Crippen LogP contribution in [-0.4, -0.2) is 102 Å². The third kappa shape index (κ3) is 5.47. The van der Waals surface area contributed by atoms with Crippen molar-refractivity contribution < 1.29 is 19.4 Å². The summed E-state index contributed by atoms with van der Waals surface area (Å²) in [5.74, 6) is 0.782. The maximum Gasteiger partial charge on any atom is 0.407 e. The minimum Gasteiger partial charge on any atom is -0.465 e. The lowest BCUT2D eigenvalue weighted by Gasteiger charge is -2.41. The van der Waals surface area contributed by atoms with Gasteiger partial charge in [-0.2, -0.15) is 15.2 Å². The molecule has 0 spiro atoms. The fraction of sp³-hybridized carbons (Fsp3) is 0.500. The topological polar surface area (TPSA) is 118 Å². The van der Waals surface area contributed by atoms with E-state index >= 15 is 0 Å². The van der Waals surface area contributed by atoms with E-state index in [1.54, 1.807) is 0 Å². The van der Waals surface area contributed by atoms with E-state index in [4.69, 9.17) is 31.0 Å². The minimum atomic E-state index is -0.999. The number of hydrogen-bond donors (Lipinski definition) is 1. The number of fused-ring (bicyclic) bond motifs is 2. The SMILES string of the molecule is N#CC[C@H]1CN(c2nc(OCC3(N4CCOCC4)CC3)nc3c2CCN(c2cccc4cccc(Cl)c24)C3)CCN1C(=O)O. The largest absolute Gasteiger partial charge is 0.465 e. The first-order valence-corrected chi connectivity index (χ1v) is 15.7. The molecule has 3 aliphatic heterocycles. The summed E-state index contributed by atoms with van der Waals surface area (Å²) in [6.07, 6.45) is 1.99. The number of anilines is 2. The van der Waals surface area contributed by atoms with Gasteiger partial charge in [0.05, 0.1) is 54.5 Å². The van der Waals surface area contributed by atoms with Crippen LogP contribution in [0.25, 0.3) is 10.8 Å². The van der Waals surface area contributed by atoms with Crippen LogP contribution in [0.3, 0.4) is 0 Å². The molecule has 0 unspecified atom stereocenters. The lowest BCUT2D eigenvalue weighted by molar-refractivity contribution is -0.00339. The Morgan fingerprint density at radius 2 is 1.89 bits per heavy atom. The summed E-state index contributed by atoms with van der Waals surface area (Å²) in [5, 5.41) is 22.0. The first kappa shape index (κ1) is 28.9. The number of carbonyl (C=O) groups is 1. The molecule has 2 aromatic carbocycles. The van der Waals surface area contributed by atoms with Gasteiger partial charge in [0, 0.05) is 55.9 Å². The third-order valence-corrected chi connectivity index (χ3v) is 9.84. The van der Waals surface area contributed by atoms with Gasteiger partial charge < -0.3 is 29.3 Å². The lowest BCUT2D eigenvalue weighted by Crippen LogP contribution is -2.55. The maximum atomic E-state index is 11.9. The molecule has 2 saturated heterocycles. The lowest BCUT2D eigenvalue weighted by atomic mass is 10.0. The fourth-order valence-corrected chi connectivity index (χ4v) is 7.25. The van der Waals surface area contributed by atoms with Crippen LogP contribution >= 0.6 is 11.6 Å². The molecule has 4 heterocycles. The van der Waals surface area contributed by atoms with E-state index < -0.39 is 12.1 Å². The number of ether oxygens (including phenoxy) is 2. The zero-order valence-corrected chi connectivity index (χ0v) is 25.4. The van der Waals surface area contributed by atoms with E-state index in [2.05, 4.69) is 45.0 Å². The highest BCUT2D eigenvalue weighted by molar-refractivity contribution is 6.36. The van der Waals surface area contributed by atoms with Crippen LogP contribution in [0.1, 0.15) is 30.5 Å². The number of benzene rings is 2. The Kier molecular flexibility index (Phi) is 7.83. The van der Waals surface area contributed by atoms with Crippen LogP contribution in [0.15, 0.2) is 36.4 Å². The van der Waals surface area contributed by atoms with E-state index in [1.807, 2.05) is 12.1 Å². The highest BCUT2D eigenvalue weighted by Crippen LogP contribution is 2.43. The number of morpholine rings is 1. The maximum absolute atomic E-state index is 11.9. The van der Waals surface area contributed by atoms with Gasteiger partial charge in [0.2, 0.25) is 0 Å². The Balaban J connectivity index is 1.21. The van der Waals surface area contributed by atoms with Crippen LogP contribution in [0.4, 0.5) is 16.3 Å². The Hall–Kier alpha value is -3.85. The first-order valence-electron chi connectivity index (χ1n) is 15.3. The van der Waals surface area contributed by atoms with E-state index in [9.17, 15) is 15.2 Å². The molecule has 1 atom stereocenters. The molecule has 0 radical (unpaired) electrons. The van der Waals surface area contributed by atoms with Gasteiger partial charge in [0.1, 0.15) is 12.4 Å².